The van der Waals surface area contributed by atoms with Crippen LogP contribution in [0.1, 0.15) is 39.0 Å². The zero-order valence-electron chi connectivity index (χ0n) is 6.73. The molecule has 1 spiro atoms. The fraction of sp³-hybridized carbons (Fsp3) is 1.00. The summed E-state index contributed by atoms with van der Waals surface area (Å²) in [6.07, 6.45) is 6.68. The summed E-state index contributed by atoms with van der Waals surface area (Å²) >= 11 is 0. The van der Waals surface area contributed by atoms with Crippen LogP contribution in [0, 0.1) is 5.92 Å². The summed E-state index contributed by atoms with van der Waals surface area (Å²) in [5, 5.41) is 0. The van der Waals surface area contributed by atoms with Crippen molar-refractivity contribution in [2.75, 3.05) is 6.61 Å². The van der Waals surface area contributed by atoms with Gasteiger partial charge >= 0.3 is 0 Å². The van der Waals surface area contributed by atoms with Gasteiger partial charge in [-0.2, -0.15) is 0 Å². The van der Waals surface area contributed by atoms with Gasteiger partial charge in [0.05, 0.1) is 5.60 Å². The number of rotatable bonds is 1. The molecule has 1 unspecified atom stereocenters. The Morgan fingerprint density at radius 2 is 2.30 bits per heavy atom. The number of ether oxygens (including phenoxy) is 1. The van der Waals surface area contributed by atoms with Crippen LogP contribution in [0.3, 0.4) is 0 Å². The maximum Gasteiger partial charge on any atom is 0.0687 e. The van der Waals surface area contributed by atoms with Gasteiger partial charge in [-0.3, -0.25) is 0 Å². The normalized spacial score (nSPS) is 36.3. The van der Waals surface area contributed by atoms with E-state index in [4.69, 9.17) is 4.74 Å². The van der Waals surface area contributed by atoms with Crippen LogP contribution in [0.2, 0.25) is 0 Å². The molecule has 10 heavy (non-hydrogen) atoms. The second kappa shape index (κ2) is 2.23. The quantitative estimate of drug-likeness (QED) is 0.543. The van der Waals surface area contributed by atoms with Gasteiger partial charge in [0.2, 0.25) is 0 Å². The largest absolute Gasteiger partial charge is 0.375 e. The Balaban J connectivity index is 1.91. The van der Waals surface area contributed by atoms with Gasteiger partial charge in [-0.25, -0.2) is 0 Å². The number of hydrogen-bond acceptors (Lipinski definition) is 1. The van der Waals surface area contributed by atoms with Crippen molar-refractivity contribution < 1.29 is 4.74 Å². The highest BCUT2D eigenvalue weighted by Gasteiger charge is 2.47. The molecule has 0 aromatic carbocycles. The average Bonchev–Trinajstić information content (AvgIpc) is 2.70. The zero-order valence-corrected chi connectivity index (χ0v) is 6.73. The predicted octanol–water partition coefficient (Wildman–Crippen LogP) is 2.36. The Hall–Kier alpha value is -0.0400. The lowest BCUT2D eigenvalue weighted by atomic mass is 9.92. The molecule has 0 bridgehead atoms. The molecule has 1 aliphatic carbocycles. The first-order chi connectivity index (χ1) is 4.85. The van der Waals surface area contributed by atoms with Crippen molar-refractivity contribution in [2.24, 2.45) is 5.92 Å². The van der Waals surface area contributed by atoms with E-state index in [1.54, 1.807) is 0 Å². The molecule has 1 heterocycles. The Morgan fingerprint density at radius 3 is 2.90 bits per heavy atom. The first kappa shape index (κ1) is 6.66. The summed E-state index contributed by atoms with van der Waals surface area (Å²) in [4.78, 5) is 0. The standard InChI is InChI=1S/C9H16O/c1-2-8-3-6-10-9(7-8)4-5-9/h8H,2-7H2,1H3. The van der Waals surface area contributed by atoms with Crippen LogP contribution >= 0.6 is 0 Å². The van der Waals surface area contributed by atoms with Crippen LogP contribution in [0.15, 0.2) is 0 Å². The van der Waals surface area contributed by atoms with Gasteiger partial charge in [-0.05, 0) is 31.6 Å². The molecular formula is C9H16O. The first-order valence-corrected chi connectivity index (χ1v) is 4.49. The molecule has 2 rings (SSSR count). The second-order valence-electron chi connectivity index (χ2n) is 3.80. The molecule has 0 radical (unpaired) electrons. The van der Waals surface area contributed by atoms with E-state index in [0.29, 0.717) is 5.60 Å². The minimum Gasteiger partial charge on any atom is -0.375 e. The SMILES string of the molecule is CCC1CCOC2(CC2)C1. The molecule has 2 aliphatic rings. The van der Waals surface area contributed by atoms with Crippen molar-refractivity contribution in [3.05, 3.63) is 0 Å². The van der Waals surface area contributed by atoms with Crippen LogP contribution in [-0.2, 0) is 4.74 Å². The van der Waals surface area contributed by atoms with Gasteiger partial charge in [-0.15, -0.1) is 0 Å². The van der Waals surface area contributed by atoms with Crippen molar-refractivity contribution in [3.8, 4) is 0 Å². The molecule has 0 aromatic rings. The summed E-state index contributed by atoms with van der Waals surface area (Å²) in [5.74, 6) is 0.969. The third-order valence-corrected chi connectivity index (χ3v) is 2.98. The summed E-state index contributed by atoms with van der Waals surface area (Å²) < 4.78 is 5.71. The summed E-state index contributed by atoms with van der Waals surface area (Å²) in [6.45, 7) is 3.32. The third-order valence-electron chi connectivity index (χ3n) is 2.98. The van der Waals surface area contributed by atoms with E-state index in [2.05, 4.69) is 6.92 Å². The van der Waals surface area contributed by atoms with Crippen LogP contribution in [0.4, 0.5) is 0 Å². The summed E-state index contributed by atoms with van der Waals surface area (Å²) in [6, 6.07) is 0. The molecule has 1 aliphatic heterocycles. The van der Waals surface area contributed by atoms with Gasteiger partial charge in [0.15, 0.2) is 0 Å². The zero-order chi connectivity index (χ0) is 7.03. The molecule has 2 fully saturated rings. The highest BCUT2D eigenvalue weighted by atomic mass is 16.5. The fourth-order valence-electron chi connectivity index (χ4n) is 1.97. The molecule has 0 amide bonds. The molecule has 1 nitrogen and oxygen atoms in total. The average molecular weight is 140 g/mol. The van der Waals surface area contributed by atoms with Crippen molar-refractivity contribution >= 4 is 0 Å². The Kier molecular flexibility index (Phi) is 1.48. The van der Waals surface area contributed by atoms with E-state index in [-0.39, 0.29) is 0 Å². The van der Waals surface area contributed by atoms with Crippen molar-refractivity contribution in [1.82, 2.24) is 0 Å². The Labute approximate surface area is 62.8 Å². The van der Waals surface area contributed by atoms with E-state index in [9.17, 15) is 0 Å². The molecule has 0 N–H and O–H groups in total. The van der Waals surface area contributed by atoms with Crippen LogP contribution in [-0.4, -0.2) is 12.2 Å². The van der Waals surface area contributed by atoms with E-state index in [1.807, 2.05) is 0 Å². The smallest absolute Gasteiger partial charge is 0.0687 e. The van der Waals surface area contributed by atoms with Gasteiger partial charge in [0, 0.05) is 6.61 Å². The topological polar surface area (TPSA) is 9.23 Å². The van der Waals surface area contributed by atoms with E-state index in [1.165, 1.54) is 32.1 Å². The molecule has 1 heteroatoms. The maximum absolute atomic E-state index is 5.71. The summed E-state index contributed by atoms with van der Waals surface area (Å²) in [7, 11) is 0. The first-order valence-electron chi connectivity index (χ1n) is 4.49. The lowest BCUT2D eigenvalue weighted by Gasteiger charge is -2.28. The third kappa shape index (κ3) is 1.07. The highest BCUT2D eigenvalue weighted by Crippen LogP contribution is 2.48. The Bertz CT molecular complexity index is 127. The molecule has 1 saturated carbocycles. The van der Waals surface area contributed by atoms with Crippen molar-refractivity contribution in [1.29, 1.82) is 0 Å². The monoisotopic (exact) mass is 140 g/mol. The molecule has 1 atom stereocenters. The minimum atomic E-state index is 0.402. The van der Waals surface area contributed by atoms with Crippen LogP contribution < -0.4 is 0 Å². The van der Waals surface area contributed by atoms with E-state index in [0.717, 1.165) is 12.5 Å². The van der Waals surface area contributed by atoms with Gasteiger partial charge < -0.3 is 4.74 Å². The van der Waals surface area contributed by atoms with E-state index < -0.39 is 0 Å². The number of hydrogen-bond donors (Lipinski definition) is 0. The fourth-order valence-corrected chi connectivity index (χ4v) is 1.97. The van der Waals surface area contributed by atoms with Gasteiger partial charge in [-0.1, -0.05) is 13.3 Å². The highest BCUT2D eigenvalue weighted by molar-refractivity contribution is 4.98. The lowest BCUT2D eigenvalue weighted by Crippen LogP contribution is -2.26. The molecule has 0 aromatic heterocycles. The van der Waals surface area contributed by atoms with Gasteiger partial charge in [0.1, 0.15) is 0 Å². The van der Waals surface area contributed by atoms with Crippen LogP contribution in [0.25, 0.3) is 0 Å². The second-order valence-corrected chi connectivity index (χ2v) is 3.80. The minimum absolute atomic E-state index is 0.402. The maximum atomic E-state index is 5.71. The molecule has 1 saturated heterocycles. The van der Waals surface area contributed by atoms with Gasteiger partial charge in [0.25, 0.3) is 0 Å². The van der Waals surface area contributed by atoms with Crippen molar-refractivity contribution in [3.63, 3.8) is 0 Å². The molecule has 58 valence electrons. The van der Waals surface area contributed by atoms with E-state index >= 15 is 0 Å². The molecular weight excluding hydrogens is 124 g/mol. The predicted molar refractivity (Wildman–Crippen MR) is 40.9 cm³/mol. The summed E-state index contributed by atoms with van der Waals surface area (Å²) in [5.41, 5.74) is 0.402. The Morgan fingerprint density at radius 1 is 1.50 bits per heavy atom. The lowest BCUT2D eigenvalue weighted by molar-refractivity contribution is -0.0286. The van der Waals surface area contributed by atoms with Crippen molar-refractivity contribution in [2.45, 2.75) is 44.6 Å². The van der Waals surface area contributed by atoms with Crippen LogP contribution in [0.5, 0.6) is 0 Å².